The van der Waals surface area contributed by atoms with Crippen molar-refractivity contribution in [3.63, 3.8) is 0 Å². The summed E-state index contributed by atoms with van der Waals surface area (Å²) in [4.78, 5) is 34.4. The normalized spacial score (nSPS) is 10.4. The maximum atomic E-state index is 12.1. The minimum atomic E-state index is -0.509. The lowest BCUT2D eigenvalue weighted by Gasteiger charge is -2.04. The van der Waals surface area contributed by atoms with Crippen LogP contribution in [0.15, 0.2) is 29.3 Å². The van der Waals surface area contributed by atoms with Gasteiger partial charge in [-0.15, -0.1) is 5.10 Å². The van der Waals surface area contributed by atoms with Crippen molar-refractivity contribution in [3.05, 3.63) is 52.1 Å². The molecule has 9 heteroatoms. The maximum absolute atomic E-state index is 12.1. The molecule has 0 saturated heterocycles. The zero-order chi connectivity index (χ0) is 16.4. The van der Waals surface area contributed by atoms with Gasteiger partial charge in [0.15, 0.2) is 0 Å². The number of fused-ring (bicyclic) bond motifs is 1. The lowest BCUT2D eigenvalue weighted by Crippen LogP contribution is -2.15. The third-order valence-electron chi connectivity index (χ3n) is 3.12. The van der Waals surface area contributed by atoms with Gasteiger partial charge in [0.05, 0.1) is 23.6 Å². The summed E-state index contributed by atoms with van der Waals surface area (Å²) < 4.78 is 6.03. The zero-order valence-electron chi connectivity index (χ0n) is 12.0. The molecule has 0 aliphatic heterocycles. The van der Waals surface area contributed by atoms with E-state index in [0.717, 1.165) is 0 Å². The number of methoxy groups -OCH3 is 1. The predicted octanol–water partition coefficient (Wildman–Crippen LogP) is 0.221. The first-order chi connectivity index (χ1) is 11.1. The molecule has 3 aromatic rings. The molecule has 23 heavy (non-hydrogen) atoms. The molecule has 0 amide bonds. The number of hydrogen-bond donors (Lipinski definition) is 1. The summed E-state index contributed by atoms with van der Waals surface area (Å²) in [5, 5.41) is 13.0. The molecule has 0 spiro atoms. The summed E-state index contributed by atoms with van der Waals surface area (Å²) in [6.07, 6.45) is 1.37. The Labute approximate surface area is 129 Å². The number of nitriles is 1. The Kier molecular flexibility index (Phi) is 3.56. The molecule has 0 aliphatic rings. The van der Waals surface area contributed by atoms with E-state index in [1.807, 2.05) is 6.07 Å². The molecule has 0 unspecified atom stereocenters. The fourth-order valence-electron chi connectivity index (χ4n) is 2.08. The molecule has 2 heterocycles. The summed E-state index contributed by atoms with van der Waals surface area (Å²) in [6.45, 7) is 0.141. The summed E-state index contributed by atoms with van der Waals surface area (Å²) in [6, 6.07) is 6.32. The number of aromatic nitrogens is 5. The van der Waals surface area contributed by atoms with Crippen LogP contribution >= 0.6 is 0 Å². The van der Waals surface area contributed by atoms with Gasteiger partial charge in [-0.05, 0) is 18.2 Å². The number of carbonyl (C=O) groups excluding carboxylic acids is 1. The molecular formula is C14H10N6O3. The molecule has 2 aromatic heterocycles. The van der Waals surface area contributed by atoms with E-state index in [2.05, 4.69) is 24.8 Å². The fraction of sp³-hybridized carbons (Fsp3) is 0.143. The second kappa shape index (κ2) is 5.69. The summed E-state index contributed by atoms with van der Waals surface area (Å²) in [5.74, 6) is -0.148. The highest BCUT2D eigenvalue weighted by Crippen LogP contribution is 2.11. The Morgan fingerprint density at radius 1 is 1.48 bits per heavy atom. The van der Waals surface area contributed by atoms with Gasteiger partial charge >= 0.3 is 5.97 Å². The van der Waals surface area contributed by atoms with Gasteiger partial charge in [0.1, 0.15) is 24.8 Å². The quantitative estimate of drug-likeness (QED) is 0.685. The first kappa shape index (κ1) is 14.4. The van der Waals surface area contributed by atoms with E-state index in [9.17, 15) is 9.59 Å². The van der Waals surface area contributed by atoms with Crippen LogP contribution in [0.4, 0.5) is 0 Å². The molecular weight excluding hydrogens is 300 g/mol. The van der Waals surface area contributed by atoms with Gasteiger partial charge in [0.25, 0.3) is 11.4 Å². The fourth-order valence-corrected chi connectivity index (χ4v) is 2.08. The number of nitrogens with one attached hydrogen (secondary N) is 1. The Bertz CT molecular complexity index is 998. The topological polar surface area (TPSA) is 127 Å². The van der Waals surface area contributed by atoms with Crippen LogP contribution in [0.1, 0.15) is 22.0 Å². The number of rotatable bonds is 3. The van der Waals surface area contributed by atoms with Gasteiger partial charge in [0.2, 0.25) is 0 Å². The smallest absolute Gasteiger partial charge is 0.337 e. The van der Waals surface area contributed by atoms with Crippen LogP contribution < -0.4 is 5.56 Å². The van der Waals surface area contributed by atoms with Crippen LogP contribution in [-0.2, 0) is 11.3 Å². The summed E-state index contributed by atoms with van der Waals surface area (Å²) in [5.41, 5.74) is 0.339. The number of aromatic amines is 1. The van der Waals surface area contributed by atoms with Crippen LogP contribution in [0, 0.1) is 11.3 Å². The van der Waals surface area contributed by atoms with E-state index >= 15 is 0 Å². The van der Waals surface area contributed by atoms with Crippen molar-refractivity contribution >= 4 is 16.9 Å². The van der Waals surface area contributed by atoms with Crippen molar-refractivity contribution in [3.8, 4) is 6.07 Å². The van der Waals surface area contributed by atoms with Gasteiger partial charge in [-0.3, -0.25) is 4.79 Å². The molecule has 0 fully saturated rings. The molecule has 1 aromatic carbocycles. The van der Waals surface area contributed by atoms with E-state index in [1.165, 1.54) is 36.3 Å². The predicted molar refractivity (Wildman–Crippen MR) is 77.5 cm³/mol. The molecule has 9 nitrogen and oxygen atoms in total. The molecule has 0 aliphatic carbocycles. The Morgan fingerprint density at radius 3 is 3.00 bits per heavy atom. The molecule has 0 atom stereocenters. The summed E-state index contributed by atoms with van der Waals surface area (Å²) >= 11 is 0. The van der Waals surface area contributed by atoms with Crippen LogP contribution in [0.25, 0.3) is 10.9 Å². The second-order valence-electron chi connectivity index (χ2n) is 4.61. The van der Waals surface area contributed by atoms with Crippen molar-refractivity contribution < 1.29 is 9.53 Å². The highest BCUT2D eigenvalue weighted by molar-refractivity contribution is 5.93. The Balaban J connectivity index is 2.03. The summed E-state index contributed by atoms with van der Waals surface area (Å²) in [7, 11) is 1.28. The average molecular weight is 310 g/mol. The standard InChI is InChI=1S/C14H10N6O3/c1-23-14(22)8-2-3-9-10(4-8)17-12(18-13(9)21)6-20-7-16-11(5-15)19-20/h2-4,7H,6H2,1H3,(H,17,18,21). The number of ether oxygens (including phenoxy) is 1. The van der Waals surface area contributed by atoms with Crippen molar-refractivity contribution in [1.29, 1.82) is 5.26 Å². The monoisotopic (exact) mass is 310 g/mol. The second-order valence-corrected chi connectivity index (χ2v) is 4.61. The highest BCUT2D eigenvalue weighted by atomic mass is 16.5. The van der Waals surface area contributed by atoms with Crippen molar-refractivity contribution in [2.24, 2.45) is 0 Å². The molecule has 0 bridgehead atoms. The van der Waals surface area contributed by atoms with Crippen molar-refractivity contribution in [2.45, 2.75) is 6.54 Å². The minimum Gasteiger partial charge on any atom is -0.465 e. The number of nitrogens with zero attached hydrogens (tertiary/aromatic N) is 5. The van der Waals surface area contributed by atoms with Crippen LogP contribution in [-0.4, -0.2) is 37.8 Å². The van der Waals surface area contributed by atoms with Gasteiger partial charge in [-0.25, -0.2) is 19.4 Å². The molecule has 3 rings (SSSR count). The van der Waals surface area contributed by atoms with Crippen molar-refractivity contribution in [1.82, 2.24) is 24.7 Å². The first-order valence-electron chi connectivity index (χ1n) is 6.51. The third-order valence-corrected chi connectivity index (χ3v) is 3.12. The lowest BCUT2D eigenvalue weighted by atomic mass is 10.1. The maximum Gasteiger partial charge on any atom is 0.337 e. The minimum absolute atomic E-state index is 0.0288. The Hall–Kier alpha value is -3.54. The van der Waals surface area contributed by atoms with Crippen LogP contribution in [0.2, 0.25) is 0 Å². The van der Waals surface area contributed by atoms with E-state index in [-0.39, 0.29) is 17.9 Å². The lowest BCUT2D eigenvalue weighted by molar-refractivity contribution is 0.0601. The molecule has 1 N–H and O–H groups in total. The number of carbonyl (C=O) groups is 1. The number of esters is 1. The highest BCUT2D eigenvalue weighted by Gasteiger charge is 2.10. The van der Waals surface area contributed by atoms with Gasteiger partial charge in [-0.1, -0.05) is 0 Å². The number of benzene rings is 1. The first-order valence-corrected chi connectivity index (χ1v) is 6.51. The number of H-pyrrole nitrogens is 1. The largest absolute Gasteiger partial charge is 0.465 e. The van der Waals surface area contributed by atoms with Gasteiger partial charge < -0.3 is 9.72 Å². The Morgan fingerprint density at radius 2 is 2.30 bits per heavy atom. The average Bonchev–Trinajstić information content (AvgIpc) is 3.01. The zero-order valence-corrected chi connectivity index (χ0v) is 12.0. The van der Waals surface area contributed by atoms with E-state index < -0.39 is 5.97 Å². The molecule has 0 saturated carbocycles. The third kappa shape index (κ3) is 2.77. The molecule has 114 valence electrons. The van der Waals surface area contributed by atoms with E-state index in [1.54, 1.807) is 0 Å². The SMILES string of the molecule is COC(=O)c1ccc2c(=O)[nH]c(Cn3cnc(C#N)n3)nc2c1. The number of hydrogen-bond acceptors (Lipinski definition) is 7. The van der Waals surface area contributed by atoms with Crippen LogP contribution in [0.3, 0.4) is 0 Å². The van der Waals surface area contributed by atoms with Gasteiger partial charge in [-0.2, -0.15) is 5.26 Å². The molecule has 0 radical (unpaired) electrons. The van der Waals surface area contributed by atoms with E-state index in [4.69, 9.17) is 5.26 Å². The van der Waals surface area contributed by atoms with Crippen LogP contribution in [0.5, 0.6) is 0 Å². The van der Waals surface area contributed by atoms with E-state index in [0.29, 0.717) is 22.3 Å². The van der Waals surface area contributed by atoms with Gasteiger partial charge in [0, 0.05) is 0 Å². The van der Waals surface area contributed by atoms with Crippen molar-refractivity contribution in [2.75, 3.05) is 7.11 Å².